The largest absolute Gasteiger partial charge is 0.376 e. The van der Waals surface area contributed by atoms with Crippen molar-refractivity contribution in [3.63, 3.8) is 0 Å². The van der Waals surface area contributed by atoms with Crippen LogP contribution < -0.4 is 5.32 Å². The van der Waals surface area contributed by atoms with Crippen molar-refractivity contribution >= 4 is 12.0 Å². The van der Waals surface area contributed by atoms with Crippen molar-refractivity contribution in [1.82, 2.24) is 10.5 Å². The van der Waals surface area contributed by atoms with Crippen molar-refractivity contribution in [3.8, 4) is 0 Å². The van der Waals surface area contributed by atoms with E-state index in [9.17, 15) is 14.8 Å². The number of unbranched alkanes of at least 4 members (excludes halogenated alkanes) is 5. The van der Waals surface area contributed by atoms with Crippen LogP contribution in [-0.4, -0.2) is 29.0 Å². The summed E-state index contributed by atoms with van der Waals surface area (Å²) in [5.74, 6) is -0.716. The lowest BCUT2D eigenvalue weighted by atomic mass is 9.89. The number of hydroxylamine groups is 2. The Kier molecular flexibility index (Phi) is 9.62. The van der Waals surface area contributed by atoms with Gasteiger partial charge < -0.3 is 10.2 Å². The van der Waals surface area contributed by atoms with E-state index in [4.69, 9.17) is 4.84 Å². The van der Waals surface area contributed by atoms with Crippen molar-refractivity contribution in [1.29, 1.82) is 0 Å². The van der Waals surface area contributed by atoms with Gasteiger partial charge in [-0.3, -0.25) is 5.21 Å². The molecule has 22 heavy (non-hydrogen) atoms. The first kappa shape index (κ1) is 18.7. The Labute approximate surface area is 133 Å². The maximum absolute atomic E-state index is 11.8. The fourth-order valence-electron chi connectivity index (χ4n) is 2.71. The Bertz CT molecular complexity index is 330. The lowest BCUT2D eigenvalue weighted by molar-refractivity contribution is -0.281. The zero-order chi connectivity index (χ0) is 16.2. The van der Waals surface area contributed by atoms with Crippen LogP contribution in [0.15, 0.2) is 0 Å². The Morgan fingerprint density at radius 1 is 1.09 bits per heavy atom. The van der Waals surface area contributed by atoms with Gasteiger partial charge in [0.15, 0.2) is 0 Å². The molecule has 6 nitrogen and oxygen atoms in total. The van der Waals surface area contributed by atoms with Crippen LogP contribution in [0.2, 0.25) is 0 Å². The average molecular weight is 314 g/mol. The molecule has 1 saturated carbocycles. The molecule has 0 unspecified atom stereocenters. The molecule has 0 spiro atoms. The van der Waals surface area contributed by atoms with Gasteiger partial charge in [0, 0.05) is 6.54 Å². The SMILES string of the molecule is CCCCCCCCNC(=O)N(O)OC(=O)C1CCCCC1. The van der Waals surface area contributed by atoms with E-state index in [1.807, 2.05) is 0 Å². The fraction of sp³-hybridized carbons (Fsp3) is 0.875. The molecule has 2 N–H and O–H groups in total. The van der Waals surface area contributed by atoms with Gasteiger partial charge in [-0.1, -0.05) is 58.3 Å². The maximum atomic E-state index is 11.8. The highest BCUT2D eigenvalue weighted by Gasteiger charge is 2.26. The molecule has 1 aliphatic rings. The summed E-state index contributed by atoms with van der Waals surface area (Å²) in [6.45, 7) is 2.65. The van der Waals surface area contributed by atoms with E-state index >= 15 is 0 Å². The van der Waals surface area contributed by atoms with Crippen molar-refractivity contribution in [2.75, 3.05) is 6.54 Å². The Hall–Kier alpha value is -1.30. The molecule has 1 fully saturated rings. The first-order valence-corrected chi connectivity index (χ1v) is 8.63. The summed E-state index contributed by atoms with van der Waals surface area (Å²) in [5.41, 5.74) is 0. The van der Waals surface area contributed by atoms with E-state index in [-0.39, 0.29) is 11.1 Å². The molecule has 1 rings (SSSR count). The summed E-state index contributed by atoms with van der Waals surface area (Å²) < 4.78 is 0. The van der Waals surface area contributed by atoms with Gasteiger partial charge in [0.25, 0.3) is 0 Å². The molecule has 0 bridgehead atoms. The Morgan fingerprint density at radius 2 is 1.73 bits per heavy atom. The van der Waals surface area contributed by atoms with Crippen molar-refractivity contribution in [3.05, 3.63) is 0 Å². The predicted molar refractivity (Wildman–Crippen MR) is 83.1 cm³/mol. The molecular weight excluding hydrogens is 284 g/mol. The van der Waals surface area contributed by atoms with E-state index < -0.39 is 12.0 Å². The normalized spacial score (nSPS) is 15.4. The summed E-state index contributed by atoms with van der Waals surface area (Å²) in [6.07, 6.45) is 11.4. The smallest absolute Gasteiger partial charge is 0.334 e. The van der Waals surface area contributed by atoms with Crippen LogP contribution in [0.4, 0.5) is 4.79 Å². The van der Waals surface area contributed by atoms with E-state index in [0.29, 0.717) is 6.54 Å². The number of nitrogens with one attached hydrogen (secondary N) is 1. The third kappa shape index (κ3) is 7.64. The molecule has 2 amide bonds. The summed E-state index contributed by atoms with van der Waals surface area (Å²) in [5, 5.41) is 12.0. The Morgan fingerprint density at radius 3 is 2.41 bits per heavy atom. The minimum atomic E-state index is -0.780. The van der Waals surface area contributed by atoms with Gasteiger partial charge in [-0.25, -0.2) is 9.59 Å². The lowest BCUT2D eigenvalue weighted by Gasteiger charge is -2.21. The number of urea groups is 1. The number of carbonyl (C=O) groups excluding carboxylic acids is 2. The maximum Gasteiger partial charge on any atom is 0.376 e. The van der Waals surface area contributed by atoms with Gasteiger partial charge in [0.05, 0.1) is 5.92 Å². The van der Waals surface area contributed by atoms with Crippen LogP contribution in [-0.2, 0) is 9.63 Å². The van der Waals surface area contributed by atoms with Crippen LogP contribution in [0.5, 0.6) is 0 Å². The van der Waals surface area contributed by atoms with E-state index in [0.717, 1.165) is 51.4 Å². The molecule has 0 heterocycles. The molecule has 0 aliphatic heterocycles. The van der Waals surface area contributed by atoms with Crippen LogP contribution in [0.1, 0.15) is 77.6 Å². The molecule has 0 aromatic heterocycles. The molecule has 0 atom stereocenters. The summed E-state index contributed by atoms with van der Waals surface area (Å²) in [6, 6.07) is -0.780. The molecule has 0 aromatic carbocycles. The van der Waals surface area contributed by atoms with Gasteiger partial charge >= 0.3 is 12.0 Å². The van der Waals surface area contributed by atoms with Crippen molar-refractivity contribution < 1.29 is 19.6 Å². The predicted octanol–water partition coefficient (Wildman–Crippen LogP) is 3.79. The highest BCUT2D eigenvalue weighted by Crippen LogP contribution is 2.24. The number of nitrogens with zero attached hydrogens (tertiary/aromatic N) is 1. The monoisotopic (exact) mass is 314 g/mol. The molecular formula is C16H30N2O4. The second-order valence-electron chi connectivity index (χ2n) is 6.02. The summed E-state index contributed by atoms with van der Waals surface area (Å²) in [4.78, 5) is 28.1. The number of carbonyl (C=O) groups is 2. The van der Waals surface area contributed by atoms with Crippen molar-refractivity contribution in [2.45, 2.75) is 77.6 Å². The summed E-state index contributed by atoms with van der Waals surface area (Å²) in [7, 11) is 0. The topological polar surface area (TPSA) is 78.9 Å². The van der Waals surface area contributed by atoms with E-state index in [2.05, 4.69) is 12.2 Å². The Balaban J connectivity index is 2.09. The van der Waals surface area contributed by atoms with Gasteiger partial charge in [0.1, 0.15) is 0 Å². The number of amides is 2. The second kappa shape index (κ2) is 11.3. The third-order valence-corrected chi connectivity index (χ3v) is 4.10. The lowest BCUT2D eigenvalue weighted by Crippen LogP contribution is -2.40. The quantitative estimate of drug-likeness (QED) is 0.406. The fourth-order valence-corrected chi connectivity index (χ4v) is 2.71. The number of rotatable bonds is 8. The van der Waals surface area contributed by atoms with Gasteiger partial charge in [-0.2, -0.15) is 0 Å². The zero-order valence-corrected chi connectivity index (χ0v) is 13.7. The number of hydrogen-bond acceptors (Lipinski definition) is 4. The van der Waals surface area contributed by atoms with E-state index in [1.165, 1.54) is 19.3 Å². The molecule has 0 radical (unpaired) electrons. The second-order valence-corrected chi connectivity index (χ2v) is 6.02. The van der Waals surface area contributed by atoms with Crippen molar-refractivity contribution in [2.24, 2.45) is 5.92 Å². The molecule has 1 aliphatic carbocycles. The third-order valence-electron chi connectivity index (χ3n) is 4.10. The molecule has 0 aromatic rings. The number of hydrogen-bond donors (Lipinski definition) is 2. The highest BCUT2D eigenvalue weighted by atomic mass is 16.9. The van der Waals surface area contributed by atoms with Crippen LogP contribution in [0.25, 0.3) is 0 Å². The van der Waals surface area contributed by atoms with Gasteiger partial charge in [-0.15, -0.1) is 0 Å². The van der Waals surface area contributed by atoms with Crippen LogP contribution >= 0.6 is 0 Å². The zero-order valence-electron chi connectivity index (χ0n) is 13.7. The van der Waals surface area contributed by atoms with Gasteiger partial charge in [-0.05, 0) is 24.5 Å². The first-order chi connectivity index (χ1) is 10.6. The molecule has 0 saturated heterocycles. The van der Waals surface area contributed by atoms with Crippen LogP contribution in [0.3, 0.4) is 0 Å². The van der Waals surface area contributed by atoms with Gasteiger partial charge in [0.2, 0.25) is 0 Å². The van der Waals surface area contributed by atoms with Crippen LogP contribution in [0, 0.1) is 5.92 Å². The minimum Gasteiger partial charge on any atom is -0.334 e. The molecule has 6 heteroatoms. The average Bonchev–Trinajstić information content (AvgIpc) is 2.54. The van der Waals surface area contributed by atoms with E-state index in [1.54, 1.807) is 0 Å². The first-order valence-electron chi connectivity index (χ1n) is 8.63. The minimum absolute atomic E-state index is 0.0357. The molecule has 128 valence electrons. The highest BCUT2D eigenvalue weighted by molar-refractivity contribution is 5.76. The standard InChI is InChI=1S/C16H30N2O4/c1-2-3-4-5-6-10-13-17-16(20)18(21)22-15(19)14-11-8-7-9-12-14/h14,21H,2-13H2,1H3,(H,17,20). The summed E-state index contributed by atoms with van der Waals surface area (Å²) >= 11 is 0.